The summed E-state index contributed by atoms with van der Waals surface area (Å²) in [6.07, 6.45) is 4.14. The number of benzene rings is 1. The van der Waals surface area contributed by atoms with Crippen LogP contribution >= 0.6 is 11.6 Å². The second kappa shape index (κ2) is 10.0. The van der Waals surface area contributed by atoms with Crippen molar-refractivity contribution < 1.29 is 14.3 Å². The Kier molecular flexibility index (Phi) is 8.41. The molecule has 1 amide bonds. The zero-order valence-corrected chi connectivity index (χ0v) is 15.7. The minimum atomic E-state index is -0.0677. The number of methoxy groups -OCH3 is 1. The zero-order valence-electron chi connectivity index (χ0n) is 14.9. The normalized spacial score (nSPS) is 10.7. The van der Waals surface area contributed by atoms with Crippen molar-refractivity contribution >= 4 is 23.6 Å². The summed E-state index contributed by atoms with van der Waals surface area (Å²) in [6.45, 7) is 11.5. The van der Waals surface area contributed by atoms with Crippen molar-refractivity contribution in [3.63, 3.8) is 0 Å². The van der Waals surface area contributed by atoms with Gasteiger partial charge in [-0.05, 0) is 44.0 Å². The Morgan fingerprint density at radius 2 is 2.08 bits per heavy atom. The summed E-state index contributed by atoms with van der Waals surface area (Å²) < 4.78 is 11.0. The monoisotopic (exact) mass is 351 g/mol. The van der Waals surface area contributed by atoms with E-state index >= 15 is 0 Å². The van der Waals surface area contributed by atoms with Crippen LogP contribution in [0.1, 0.15) is 32.8 Å². The number of likely N-dealkylation sites (N-methyl/N-ethyl adjacent to an activating group) is 1. The third kappa shape index (κ3) is 5.93. The summed E-state index contributed by atoms with van der Waals surface area (Å²) in [5.74, 6) is 1.01. The van der Waals surface area contributed by atoms with Crippen LogP contribution in [0.15, 0.2) is 30.4 Å². The number of hydrogen-bond donors (Lipinski definition) is 0. The van der Waals surface area contributed by atoms with Crippen LogP contribution in [0, 0.1) is 0 Å². The Morgan fingerprint density at radius 1 is 1.38 bits per heavy atom. The van der Waals surface area contributed by atoms with Crippen molar-refractivity contribution in [1.82, 2.24) is 4.90 Å². The third-order valence-electron chi connectivity index (χ3n) is 3.27. The molecule has 5 heteroatoms. The molecular weight excluding hydrogens is 326 g/mol. The Morgan fingerprint density at radius 3 is 2.62 bits per heavy atom. The van der Waals surface area contributed by atoms with Gasteiger partial charge in [-0.3, -0.25) is 4.79 Å². The van der Waals surface area contributed by atoms with Gasteiger partial charge in [0.05, 0.1) is 18.7 Å². The van der Waals surface area contributed by atoms with Crippen LogP contribution in [-0.2, 0) is 4.79 Å². The van der Waals surface area contributed by atoms with Crippen molar-refractivity contribution in [3.8, 4) is 11.5 Å². The highest BCUT2D eigenvalue weighted by molar-refractivity contribution is 6.32. The van der Waals surface area contributed by atoms with Gasteiger partial charge in [-0.1, -0.05) is 30.7 Å². The van der Waals surface area contributed by atoms with Crippen LogP contribution in [0.2, 0.25) is 5.02 Å². The van der Waals surface area contributed by atoms with E-state index in [0.29, 0.717) is 36.2 Å². The Labute approximate surface area is 149 Å². The molecule has 0 fully saturated rings. The average Bonchev–Trinajstić information content (AvgIpc) is 2.55. The molecule has 0 spiro atoms. The van der Waals surface area contributed by atoms with Gasteiger partial charge >= 0.3 is 0 Å². The van der Waals surface area contributed by atoms with Gasteiger partial charge in [0.2, 0.25) is 5.91 Å². The first-order valence-electron chi connectivity index (χ1n) is 8.04. The Bertz CT molecular complexity index is 611. The molecular formula is C19H26ClNO3. The summed E-state index contributed by atoms with van der Waals surface area (Å²) in [5.41, 5.74) is 1.72. The van der Waals surface area contributed by atoms with Gasteiger partial charge in [0.15, 0.2) is 11.5 Å². The molecule has 1 aromatic carbocycles. The highest BCUT2D eigenvalue weighted by Crippen LogP contribution is 2.36. The maximum absolute atomic E-state index is 12.2. The molecule has 0 aliphatic rings. The number of carbonyl (C=O) groups is 1. The van der Waals surface area contributed by atoms with Crippen molar-refractivity contribution in [2.45, 2.75) is 27.2 Å². The molecule has 4 nitrogen and oxygen atoms in total. The first kappa shape index (κ1) is 20.1. The van der Waals surface area contributed by atoms with Crippen LogP contribution in [0.5, 0.6) is 11.5 Å². The third-order valence-corrected chi connectivity index (χ3v) is 3.56. The molecule has 0 heterocycles. The summed E-state index contributed by atoms with van der Waals surface area (Å²) in [5, 5.41) is 0.462. The van der Waals surface area contributed by atoms with Gasteiger partial charge in [-0.2, -0.15) is 0 Å². The largest absolute Gasteiger partial charge is 0.493 e. The van der Waals surface area contributed by atoms with Crippen LogP contribution in [0.25, 0.3) is 6.08 Å². The molecule has 0 saturated carbocycles. The summed E-state index contributed by atoms with van der Waals surface area (Å²) in [7, 11) is 1.56. The molecule has 0 saturated heterocycles. The van der Waals surface area contributed by atoms with E-state index in [1.807, 2.05) is 20.8 Å². The SMILES string of the molecule is C=C(C)CN(CC)C(=O)/C=C/c1cc(Cl)c(OCCC)c(OC)c1. The van der Waals surface area contributed by atoms with E-state index in [-0.39, 0.29) is 5.91 Å². The van der Waals surface area contributed by atoms with Gasteiger partial charge in [0, 0.05) is 19.2 Å². The summed E-state index contributed by atoms with van der Waals surface area (Å²) >= 11 is 6.28. The van der Waals surface area contributed by atoms with E-state index in [1.165, 1.54) is 6.08 Å². The molecule has 0 atom stereocenters. The van der Waals surface area contributed by atoms with Crippen LogP contribution < -0.4 is 9.47 Å². The number of hydrogen-bond acceptors (Lipinski definition) is 3. The summed E-state index contributed by atoms with van der Waals surface area (Å²) in [6, 6.07) is 3.56. The van der Waals surface area contributed by atoms with Gasteiger partial charge in [-0.25, -0.2) is 0 Å². The lowest BCUT2D eigenvalue weighted by molar-refractivity contribution is -0.125. The molecule has 0 aliphatic heterocycles. The van der Waals surface area contributed by atoms with E-state index < -0.39 is 0 Å². The van der Waals surface area contributed by atoms with Crippen LogP contribution in [-0.4, -0.2) is 37.6 Å². The minimum Gasteiger partial charge on any atom is -0.493 e. The molecule has 1 rings (SSSR count). The summed E-state index contributed by atoms with van der Waals surface area (Å²) in [4.78, 5) is 14.0. The maximum Gasteiger partial charge on any atom is 0.246 e. The second-order valence-electron chi connectivity index (χ2n) is 5.53. The highest BCUT2D eigenvalue weighted by atomic mass is 35.5. The Balaban J connectivity index is 2.96. The molecule has 0 bridgehead atoms. The molecule has 0 aromatic heterocycles. The first-order chi connectivity index (χ1) is 11.4. The number of rotatable bonds is 9. The molecule has 24 heavy (non-hydrogen) atoms. The predicted octanol–water partition coefficient (Wildman–Crippen LogP) is 4.58. The zero-order chi connectivity index (χ0) is 18.1. The number of carbonyl (C=O) groups excluding carboxylic acids is 1. The van der Waals surface area contributed by atoms with Crippen molar-refractivity contribution in [3.05, 3.63) is 40.9 Å². The molecule has 132 valence electrons. The fourth-order valence-corrected chi connectivity index (χ4v) is 2.40. The number of halogens is 1. The topological polar surface area (TPSA) is 38.8 Å². The quantitative estimate of drug-likeness (QED) is 0.483. The van der Waals surface area contributed by atoms with E-state index in [1.54, 1.807) is 30.2 Å². The maximum atomic E-state index is 12.2. The lowest BCUT2D eigenvalue weighted by Crippen LogP contribution is -2.30. The standard InChI is InChI=1S/C19H26ClNO3/c1-6-10-24-19-16(20)11-15(12-17(19)23-5)8-9-18(22)21(7-2)13-14(3)4/h8-9,11-12H,3,6-7,10,13H2,1-2,4-5H3/b9-8+. The second-order valence-corrected chi connectivity index (χ2v) is 5.93. The molecule has 0 aliphatic carbocycles. The van der Waals surface area contributed by atoms with Crippen LogP contribution in [0.4, 0.5) is 0 Å². The predicted molar refractivity (Wildman–Crippen MR) is 99.9 cm³/mol. The van der Waals surface area contributed by atoms with Crippen LogP contribution in [0.3, 0.4) is 0 Å². The van der Waals surface area contributed by atoms with Crippen molar-refractivity contribution in [2.24, 2.45) is 0 Å². The number of amides is 1. The lowest BCUT2D eigenvalue weighted by Gasteiger charge is -2.19. The van der Waals surface area contributed by atoms with Gasteiger partial charge in [0.25, 0.3) is 0 Å². The van der Waals surface area contributed by atoms with E-state index in [0.717, 1.165) is 17.6 Å². The fraction of sp³-hybridized carbons (Fsp3) is 0.421. The van der Waals surface area contributed by atoms with E-state index in [4.69, 9.17) is 21.1 Å². The average molecular weight is 352 g/mol. The van der Waals surface area contributed by atoms with E-state index in [2.05, 4.69) is 6.58 Å². The Hall–Kier alpha value is -1.94. The van der Waals surface area contributed by atoms with Crippen molar-refractivity contribution in [2.75, 3.05) is 26.8 Å². The molecule has 0 radical (unpaired) electrons. The number of ether oxygens (including phenoxy) is 2. The fourth-order valence-electron chi connectivity index (χ4n) is 2.12. The minimum absolute atomic E-state index is 0.0677. The van der Waals surface area contributed by atoms with E-state index in [9.17, 15) is 4.79 Å². The molecule has 0 N–H and O–H groups in total. The molecule has 1 aromatic rings. The van der Waals surface area contributed by atoms with Crippen molar-refractivity contribution in [1.29, 1.82) is 0 Å². The van der Waals surface area contributed by atoms with Gasteiger partial charge in [0.1, 0.15) is 0 Å². The molecule has 0 unspecified atom stereocenters. The lowest BCUT2D eigenvalue weighted by atomic mass is 10.1. The highest BCUT2D eigenvalue weighted by Gasteiger charge is 2.12. The van der Waals surface area contributed by atoms with Gasteiger partial charge < -0.3 is 14.4 Å². The number of nitrogens with zero attached hydrogens (tertiary/aromatic N) is 1. The smallest absolute Gasteiger partial charge is 0.246 e. The van der Waals surface area contributed by atoms with Gasteiger partial charge in [-0.15, -0.1) is 0 Å². The first-order valence-corrected chi connectivity index (χ1v) is 8.42.